The molecule has 0 bridgehead atoms. The van der Waals surface area contributed by atoms with E-state index >= 15 is 0 Å². The van der Waals surface area contributed by atoms with Crippen molar-refractivity contribution in [1.29, 1.82) is 0 Å². The summed E-state index contributed by atoms with van der Waals surface area (Å²) < 4.78 is 0. The fourth-order valence-corrected chi connectivity index (χ4v) is 1.02. The summed E-state index contributed by atoms with van der Waals surface area (Å²) in [5, 5.41) is 0. The Hall–Kier alpha value is -1.06. The van der Waals surface area contributed by atoms with Gasteiger partial charge in [0.15, 0.2) is 0 Å². The monoisotopic (exact) mass is 200 g/mol. The van der Waals surface area contributed by atoms with E-state index in [9.17, 15) is 4.79 Å². The number of carbonyl (C=O) groups excluding carboxylic acids is 1. The van der Waals surface area contributed by atoms with E-state index in [1.165, 1.54) is 0 Å². The van der Waals surface area contributed by atoms with Crippen LogP contribution in [0.25, 0.3) is 0 Å². The molecule has 72 valence electrons. The molecule has 1 aromatic carbocycles. The summed E-state index contributed by atoms with van der Waals surface area (Å²) in [6.45, 7) is 1.82. The number of benzene rings is 1. The molecule has 0 aliphatic rings. The molecular weight excluding hydrogens is 188 g/mol. The summed E-state index contributed by atoms with van der Waals surface area (Å²) in [5.74, 6) is 4.66. The van der Waals surface area contributed by atoms with Crippen molar-refractivity contribution in [3.05, 3.63) is 35.9 Å². The molecule has 0 heterocycles. The third-order valence-electron chi connectivity index (χ3n) is 1.84. The standard InChI is InChI=1S/C9H12N2O.ClH/c1-7(9(12)11-10)8-5-3-2-4-6-8;/h2-7H,10H2,1H3,(H,11,12);1H/t7-;/m1./s1. The minimum Gasteiger partial charge on any atom is -0.294 e. The van der Waals surface area contributed by atoms with Gasteiger partial charge < -0.3 is 0 Å². The molecule has 3 nitrogen and oxygen atoms in total. The van der Waals surface area contributed by atoms with Crippen LogP contribution < -0.4 is 11.3 Å². The van der Waals surface area contributed by atoms with Crippen LogP contribution in [0, 0.1) is 0 Å². The Morgan fingerprint density at radius 1 is 1.38 bits per heavy atom. The molecule has 13 heavy (non-hydrogen) atoms. The topological polar surface area (TPSA) is 55.1 Å². The van der Waals surface area contributed by atoms with E-state index in [1.54, 1.807) is 0 Å². The Labute approximate surface area is 83.7 Å². The van der Waals surface area contributed by atoms with E-state index in [2.05, 4.69) is 5.43 Å². The predicted octanol–water partition coefficient (Wildman–Crippen LogP) is 1.20. The highest BCUT2D eigenvalue weighted by molar-refractivity contribution is 5.85. The van der Waals surface area contributed by atoms with Crippen LogP contribution in [0.15, 0.2) is 30.3 Å². The van der Waals surface area contributed by atoms with Gasteiger partial charge in [-0.15, -0.1) is 12.4 Å². The van der Waals surface area contributed by atoms with Gasteiger partial charge in [-0.05, 0) is 12.5 Å². The number of nitrogens with one attached hydrogen (secondary N) is 1. The molecular formula is C9H13ClN2O. The number of rotatable bonds is 2. The zero-order valence-electron chi connectivity index (χ0n) is 7.36. The van der Waals surface area contributed by atoms with Crippen molar-refractivity contribution >= 4 is 18.3 Å². The minimum absolute atomic E-state index is 0. The predicted molar refractivity (Wildman–Crippen MR) is 54.4 cm³/mol. The van der Waals surface area contributed by atoms with Crippen LogP contribution in [0.1, 0.15) is 18.4 Å². The molecule has 0 aromatic heterocycles. The molecule has 3 N–H and O–H groups in total. The zero-order valence-corrected chi connectivity index (χ0v) is 8.17. The average Bonchev–Trinajstić information content (AvgIpc) is 2.17. The lowest BCUT2D eigenvalue weighted by molar-refractivity contribution is -0.122. The molecule has 0 fully saturated rings. The lowest BCUT2D eigenvalue weighted by atomic mass is 10.0. The summed E-state index contributed by atoms with van der Waals surface area (Å²) in [5.41, 5.74) is 3.10. The van der Waals surface area contributed by atoms with E-state index in [4.69, 9.17) is 5.84 Å². The van der Waals surface area contributed by atoms with Crippen LogP contribution in [0.2, 0.25) is 0 Å². The fourth-order valence-electron chi connectivity index (χ4n) is 1.02. The van der Waals surface area contributed by atoms with Crippen molar-refractivity contribution in [3.8, 4) is 0 Å². The Bertz CT molecular complexity index is 264. The molecule has 1 aromatic rings. The maximum absolute atomic E-state index is 11.1. The normalized spacial score (nSPS) is 11.2. The molecule has 1 atom stereocenters. The van der Waals surface area contributed by atoms with Crippen LogP contribution in [0.3, 0.4) is 0 Å². The molecule has 1 amide bonds. The summed E-state index contributed by atoms with van der Waals surface area (Å²) in [6.07, 6.45) is 0. The van der Waals surface area contributed by atoms with Gasteiger partial charge in [0.05, 0.1) is 5.92 Å². The maximum atomic E-state index is 11.1. The van der Waals surface area contributed by atoms with E-state index in [0.29, 0.717) is 0 Å². The van der Waals surface area contributed by atoms with Crippen LogP contribution in [0.5, 0.6) is 0 Å². The van der Waals surface area contributed by atoms with Gasteiger partial charge in [-0.3, -0.25) is 10.2 Å². The quantitative estimate of drug-likeness (QED) is 0.428. The van der Waals surface area contributed by atoms with Crippen LogP contribution in [-0.2, 0) is 4.79 Å². The summed E-state index contributed by atoms with van der Waals surface area (Å²) in [7, 11) is 0. The minimum atomic E-state index is -0.184. The van der Waals surface area contributed by atoms with Gasteiger partial charge in [-0.25, -0.2) is 5.84 Å². The maximum Gasteiger partial charge on any atom is 0.241 e. The van der Waals surface area contributed by atoms with Crippen molar-refractivity contribution in [2.75, 3.05) is 0 Å². The zero-order chi connectivity index (χ0) is 8.97. The van der Waals surface area contributed by atoms with E-state index in [-0.39, 0.29) is 24.2 Å². The van der Waals surface area contributed by atoms with Crippen LogP contribution in [0.4, 0.5) is 0 Å². The number of halogens is 1. The Morgan fingerprint density at radius 3 is 2.38 bits per heavy atom. The molecule has 0 saturated carbocycles. The second-order valence-corrected chi connectivity index (χ2v) is 2.64. The second-order valence-electron chi connectivity index (χ2n) is 2.64. The van der Waals surface area contributed by atoms with Crippen molar-refractivity contribution < 1.29 is 4.79 Å². The van der Waals surface area contributed by atoms with Gasteiger partial charge in [0.1, 0.15) is 0 Å². The van der Waals surface area contributed by atoms with Crippen LogP contribution in [-0.4, -0.2) is 5.91 Å². The smallest absolute Gasteiger partial charge is 0.241 e. The molecule has 0 aliphatic carbocycles. The van der Waals surface area contributed by atoms with Crippen molar-refractivity contribution in [2.24, 2.45) is 5.84 Å². The number of carbonyl (C=O) groups is 1. The largest absolute Gasteiger partial charge is 0.294 e. The highest BCUT2D eigenvalue weighted by Crippen LogP contribution is 2.13. The first-order chi connectivity index (χ1) is 5.75. The van der Waals surface area contributed by atoms with Gasteiger partial charge >= 0.3 is 0 Å². The van der Waals surface area contributed by atoms with Gasteiger partial charge in [0, 0.05) is 0 Å². The Morgan fingerprint density at radius 2 is 1.92 bits per heavy atom. The van der Waals surface area contributed by atoms with Gasteiger partial charge in [0.25, 0.3) is 0 Å². The lowest BCUT2D eigenvalue weighted by Crippen LogP contribution is -2.33. The van der Waals surface area contributed by atoms with E-state index in [1.807, 2.05) is 37.3 Å². The average molecular weight is 201 g/mol. The first kappa shape index (κ1) is 11.9. The van der Waals surface area contributed by atoms with Gasteiger partial charge in [-0.2, -0.15) is 0 Å². The van der Waals surface area contributed by atoms with Crippen molar-refractivity contribution in [3.63, 3.8) is 0 Å². The number of hydrogen-bond acceptors (Lipinski definition) is 2. The Kier molecular flexibility index (Phi) is 5.11. The van der Waals surface area contributed by atoms with E-state index in [0.717, 1.165) is 5.56 Å². The van der Waals surface area contributed by atoms with Gasteiger partial charge in [-0.1, -0.05) is 30.3 Å². The summed E-state index contributed by atoms with van der Waals surface area (Å²) in [6, 6.07) is 9.52. The third-order valence-corrected chi connectivity index (χ3v) is 1.84. The lowest BCUT2D eigenvalue weighted by Gasteiger charge is -2.08. The fraction of sp³-hybridized carbons (Fsp3) is 0.222. The molecule has 0 spiro atoms. The molecule has 4 heteroatoms. The number of hydrazine groups is 1. The van der Waals surface area contributed by atoms with Gasteiger partial charge in [0.2, 0.25) is 5.91 Å². The Balaban J connectivity index is 0.00000144. The first-order valence-corrected chi connectivity index (χ1v) is 3.81. The number of hydrogen-bond donors (Lipinski definition) is 2. The molecule has 0 saturated heterocycles. The second kappa shape index (κ2) is 5.56. The highest BCUT2D eigenvalue weighted by atomic mass is 35.5. The third kappa shape index (κ3) is 3.05. The first-order valence-electron chi connectivity index (χ1n) is 3.81. The molecule has 1 rings (SSSR count). The number of nitrogens with two attached hydrogens (primary N) is 1. The summed E-state index contributed by atoms with van der Waals surface area (Å²) >= 11 is 0. The highest BCUT2D eigenvalue weighted by Gasteiger charge is 2.12. The van der Waals surface area contributed by atoms with Crippen molar-refractivity contribution in [2.45, 2.75) is 12.8 Å². The summed E-state index contributed by atoms with van der Waals surface area (Å²) in [4.78, 5) is 11.1. The van der Waals surface area contributed by atoms with Crippen LogP contribution >= 0.6 is 12.4 Å². The van der Waals surface area contributed by atoms with E-state index < -0.39 is 0 Å². The van der Waals surface area contributed by atoms with Crippen molar-refractivity contribution in [1.82, 2.24) is 5.43 Å². The SMILES string of the molecule is C[C@@H](C(=O)NN)c1ccccc1.Cl. The molecule has 0 radical (unpaired) electrons. The number of amides is 1. The molecule has 0 aliphatic heterocycles. The molecule has 0 unspecified atom stereocenters.